The van der Waals surface area contributed by atoms with Crippen LogP contribution in [0.1, 0.15) is 13.8 Å². The Kier molecular flexibility index (Phi) is 3.43. The molecule has 0 saturated carbocycles. The number of hydrogen-bond donors (Lipinski definition) is 1. The Bertz CT molecular complexity index is 468. The van der Waals surface area contributed by atoms with E-state index in [9.17, 15) is 0 Å². The average molecular weight is 283 g/mol. The summed E-state index contributed by atoms with van der Waals surface area (Å²) in [4.78, 5) is 4.35. The van der Waals surface area contributed by atoms with Crippen LogP contribution in [-0.2, 0) is 0 Å². The van der Waals surface area contributed by atoms with Crippen LogP contribution in [0.5, 0.6) is 0 Å². The number of fused-ring (bicyclic) bond motifs is 1. The van der Waals surface area contributed by atoms with Gasteiger partial charge >= 0.3 is 0 Å². The van der Waals surface area contributed by atoms with E-state index in [2.05, 4.69) is 45.2 Å². The Hall–Kier alpha value is -1.10. The lowest BCUT2D eigenvalue weighted by Crippen LogP contribution is -2.25. The van der Waals surface area contributed by atoms with E-state index in [0.717, 1.165) is 16.7 Å². The van der Waals surface area contributed by atoms with Crippen LogP contribution in [0.25, 0.3) is 5.52 Å². The molecule has 5 heteroatoms. The maximum Gasteiger partial charge on any atom is 0.152 e. The molecule has 2 heterocycles. The first-order valence-electron chi connectivity index (χ1n) is 5.33. The molecule has 2 unspecified atom stereocenters. The molecular formula is C11H15BrN4. The number of alkyl halides is 1. The number of nitrogens with one attached hydrogen (secondary N) is 1. The Balaban J connectivity index is 2.23. The van der Waals surface area contributed by atoms with Gasteiger partial charge in [-0.1, -0.05) is 22.9 Å². The molecule has 0 saturated heterocycles. The molecule has 0 amide bonds. The van der Waals surface area contributed by atoms with Crippen molar-refractivity contribution in [3.63, 3.8) is 0 Å². The number of aromatic nitrogens is 3. The molecule has 0 aliphatic rings. The van der Waals surface area contributed by atoms with Gasteiger partial charge in [0.15, 0.2) is 5.82 Å². The summed E-state index contributed by atoms with van der Waals surface area (Å²) in [6.07, 6.45) is 5.38. The van der Waals surface area contributed by atoms with E-state index < -0.39 is 0 Å². The summed E-state index contributed by atoms with van der Waals surface area (Å²) in [5.41, 5.74) is 1.01. The number of rotatable bonds is 4. The molecule has 4 nitrogen and oxygen atoms in total. The first-order chi connectivity index (χ1) is 7.72. The van der Waals surface area contributed by atoms with E-state index in [-0.39, 0.29) is 0 Å². The fourth-order valence-electron chi connectivity index (χ4n) is 1.46. The van der Waals surface area contributed by atoms with Gasteiger partial charge in [-0.05, 0) is 18.9 Å². The second-order valence-corrected chi connectivity index (χ2v) is 4.65. The van der Waals surface area contributed by atoms with Crippen molar-refractivity contribution in [1.82, 2.24) is 14.6 Å². The van der Waals surface area contributed by atoms with Crippen LogP contribution in [-0.4, -0.2) is 26.0 Å². The summed E-state index contributed by atoms with van der Waals surface area (Å²) in [5.74, 6) is 1.44. The Morgan fingerprint density at radius 1 is 1.44 bits per heavy atom. The monoisotopic (exact) mass is 282 g/mol. The molecule has 0 aliphatic heterocycles. The number of anilines is 1. The van der Waals surface area contributed by atoms with Crippen molar-refractivity contribution in [3.8, 4) is 0 Å². The van der Waals surface area contributed by atoms with Gasteiger partial charge in [-0.15, -0.1) is 0 Å². The van der Waals surface area contributed by atoms with Gasteiger partial charge in [0.25, 0.3) is 0 Å². The first kappa shape index (κ1) is 11.4. The molecule has 0 fully saturated rings. The van der Waals surface area contributed by atoms with Crippen LogP contribution in [0.3, 0.4) is 0 Å². The van der Waals surface area contributed by atoms with Gasteiger partial charge < -0.3 is 5.32 Å². The van der Waals surface area contributed by atoms with Crippen LogP contribution >= 0.6 is 15.9 Å². The summed E-state index contributed by atoms with van der Waals surface area (Å²) in [6.45, 7) is 4.36. The maximum atomic E-state index is 4.35. The highest BCUT2D eigenvalue weighted by Crippen LogP contribution is 2.16. The SMILES string of the molecule is CC(CBr)C(C)Nc1nccn2nccc12. The zero-order valence-corrected chi connectivity index (χ0v) is 11.0. The van der Waals surface area contributed by atoms with Crippen LogP contribution in [0, 0.1) is 5.92 Å². The molecule has 2 aromatic heterocycles. The molecular weight excluding hydrogens is 268 g/mol. The van der Waals surface area contributed by atoms with Crippen LogP contribution in [0.15, 0.2) is 24.7 Å². The quantitative estimate of drug-likeness (QED) is 0.877. The standard InChI is InChI=1S/C11H15BrN4/c1-8(7-12)9(2)15-11-10-3-4-14-16(10)6-5-13-11/h3-6,8-9H,7H2,1-2H3,(H,13,15). The highest BCUT2D eigenvalue weighted by atomic mass is 79.9. The minimum absolute atomic E-state index is 0.368. The molecule has 16 heavy (non-hydrogen) atoms. The summed E-state index contributed by atoms with van der Waals surface area (Å²) in [6, 6.07) is 2.33. The van der Waals surface area contributed by atoms with Gasteiger partial charge in [0, 0.05) is 23.8 Å². The largest absolute Gasteiger partial charge is 0.366 e. The Labute approximate surface area is 103 Å². The van der Waals surface area contributed by atoms with Gasteiger partial charge in [0.05, 0.1) is 6.20 Å². The van der Waals surface area contributed by atoms with E-state index in [1.165, 1.54) is 0 Å². The van der Waals surface area contributed by atoms with Crippen LogP contribution in [0.2, 0.25) is 0 Å². The minimum atomic E-state index is 0.368. The van der Waals surface area contributed by atoms with Crippen molar-refractivity contribution in [2.75, 3.05) is 10.6 Å². The third kappa shape index (κ3) is 2.19. The average Bonchev–Trinajstić information content (AvgIpc) is 2.77. The smallest absolute Gasteiger partial charge is 0.152 e. The van der Waals surface area contributed by atoms with Gasteiger partial charge in [0.1, 0.15) is 5.52 Å². The summed E-state index contributed by atoms with van der Waals surface area (Å²) < 4.78 is 1.82. The van der Waals surface area contributed by atoms with Gasteiger partial charge in [-0.25, -0.2) is 9.50 Å². The van der Waals surface area contributed by atoms with E-state index >= 15 is 0 Å². The zero-order chi connectivity index (χ0) is 11.5. The summed E-state index contributed by atoms with van der Waals surface area (Å²) in [5, 5.41) is 8.57. The highest BCUT2D eigenvalue weighted by molar-refractivity contribution is 9.09. The van der Waals surface area contributed by atoms with Crippen molar-refractivity contribution < 1.29 is 0 Å². The van der Waals surface area contributed by atoms with Crippen molar-refractivity contribution in [2.45, 2.75) is 19.9 Å². The van der Waals surface area contributed by atoms with Gasteiger partial charge in [-0.3, -0.25) is 0 Å². The van der Waals surface area contributed by atoms with Crippen LogP contribution in [0.4, 0.5) is 5.82 Å². The zero-order valence-electron chi connectivity index (χ0n) is 9.39. The van der Waals surface area contributed by atoms with Crippen molar-refractivity contribution in [2.24, 2.45) is 5.92 Å². The third-order valence-electron chi connectivity index (χ3n) is 2.79. The first-order valence-corrected chi connectivity index (χ1v) is 6.45. The van der Waals surface area contributed by atoms with Crippen LogP contribution < -0.4 is 5.32 Å². The van der Waals surface area contributed by atoms with E-state index in [1.54, 1.807) is 12.4 Å². The molecule has 86 valence electrons. The van der Waals surface area contributed by atoms with Crippen molar-refractivity contribution in [1.29, 1.82) is 0 Å². The topological polar surface area (TPSA) is 42.2 Å². The predicted molar refractivity (Wildman–Crippen MR) is 69.0 cm³/mol. The van der Waals surface area contributed by atoms with E-state index in [0.29, 0.717) is 12.0 Å². The molecule has 1 N–H and O–H groups in total. The molecule has 0 radical (unpaired) electrons. The normalized spacial score (nSPS) is 14.9. The van der Waals surface area contributed by atoms with Crippen molar-refractivity contribution >= 4 is 27.3 Å². The lowest BCUT2D eigenvalue weighted by molar-refractivity contribution is 0.571. The molecule has 0 aliphatic carbocycles. The lowest BCUT2D eigenvalue weighted by Gasteiger charge is -2.20. The van der Waals surface area contributed by atoms with Gasteiger partial charge in [-0.2, -0.15) is 5.10 Å². The summed E-state index contributed by atoms with van der Waals surface area (Å²) >= 11 is 3.49. The minimum Gasteiger partial charge on any atom is -0.366 e. The number of nitrogens with zero attached hydrogens (tertiary/aromatic N) is 3. The molecule has 0 spiro atoms. The maximum absolute atomic E-state index is 4.35. The Morgan fingerprint density at radius 3 is 3.00 bits per heavy atom. The van der Waals surface area contributed by atoms with E-state index in [1.807, 2.05) is 16.8 Å². The second kappa shape index (κ2) is 4.82. The molecule has 2 aromatic rings. The molecule has 2 atom stereocenters. The third-order valence-corrected chi connectivity index (χ3v) is 3.81. The number of halogens is 1. The fourth-order valence-corrected chi connectivity index (χ4v) is 2.02. The second-order valence-electron chi connectivity index (χ2n) is 4.00. The fraction of sp³-hybridized carbons (Fsp3) is 0.455. The molecule has 0 bridgehead atoms. The summed E-state index contributed by atoms with van der Waals surface area (Å²) in [7, 11) is 0. The van der Waals surface area contributed by atoms with Gasteiger partial charge in [0.2, 0.25) is 0 Å². The number of hydrogen-bond acceptors (Lipinski definition) is 3. The van der Waals surface area contributed by atoms with Crippen molar-refractivity contribution in [3.05, 3.63) is 24.7 Å². The van der Waals surface area contributed by atoms with E-state index in [4.69, 9.17) is 0 Å². The Morgan fingerprint density at radius 2 is 2.25 bits per heavy atom. The molecule has 0 aromatic carbocycles. The predicted octanol–water partition coefficient (Wildman–Crippen LogP) is 2.56. The highest BCUT2D eigenvalue weighted by Gasteiger charge is 2.12. The molecule has 2 rings (SSSR count). The lowest BCUT2D eigenvalue weighted by atomic mass is 10.1.